The predicted octanol–water partition coefficient (Wildman–Crippen LogP) is 3.42. The first-order valence-electron chi connectivity index (χ1n) is 7.01. The van der Waals surface area contributed by atoms with Crippen molar-refractivity contribution in [2.45, 2.75) is 37.9 Å². The van der Waals surface area contributed by atoms with Crippen molar-refractivity contribution in [3.05, 3.63) is 42.2 Å². The Balaban J connectivity index is 2.02. The lowest BCUT2D eigenvalue weighted by Gasteiger charge is -2.32. The van der Waals surface area contributed by atoms with Crippen LogP contribution >= 0.6 is 0 Å². The van der Waals surface area contributed by atoms with Crippen LogP contribution in [0.2, 0.25) is 0 Å². The Morgan fingerprint density at radius 3 is 2.65 bits per heavy atom. The lowest BCUT2D eigenvalue weighted by Crippen LogP contribution is -2.44. The van der Waals surface area contributed by atoms with E-state index in [1.165, 1.54) is 0 Å². The lowest BCUT2D eigenvalue weighted by atomic mass is 10.0. The molecule has 1 atom stereocenters. The fraction of sp³-hybridized carbons (Fsp3) is 0.500. The highest BCUT2D eigenvalue weighted by molar-refractivity contribution is 7.92. The Hall–Kier alpha value is -1.29. The molecule has 110 valence electrons. The van der Waals surface area contributed by atoms with Crippen molar-refractivity contribution in [3.8, 4) is 0 Å². The monoisotopic (exact) mass is 294 g/mol. The zero-order valence-corrected chi connectivity index (χ0v) is 12.9. The van der Waals surface area contributed by atoms with E-state index in [0.29, 0.717) is 6.42 Å². The van der Waals surface area contributed by atoms with Gasteiger partial charge in [0.2, 0.25) is 0 Å². The molecule has 1 aliphatic heterocycles. The van der Waals surface area contributed by atoms with Crippen molar-refractivity contribution < 1.29 is 13.2 Å². The number of hydrogen-bond donors (Lipinski definition) is 0. The molecule has 0 N–H and O–H groups in total. The van der Waals surface area contributed by atoms with Crippen LogP contribution in [0, 0.1) is 0 Å². The van der Waals surface area contributed by atoms with E-state index >= 15 is 0 Å². The van der Waals surface area contributed by atoms with E-state index in [4.69, 9.17) is 4.74 Å². The van der Waals surface area contributed by atoms with Gasteiger partial charge in [-0.25, -0.2) is 8.42 Å². The molecule has 3 nitrogen and oxygen atoms in total. The number of ether oxygens (including phenoxy) is 1. The molecule has 1 aliphatic rings. The highest BCUT2D eigenvalue weighted by Crippen LogP contribution is 2.31. The van der Waals surface area contributed by atoms with Crippen LogP contribution < -0.4 is 0 Å². The largest absolute Gasteiger partial charge is 0.499 e. The Morgan fingerprint density at radius 2 is 2.00 bits per heavy atom. The Kier molecular flexibility index (Phi) is 4.53. The molecule has 1 aromatic carbocycles. The zero-order valence-electron chi connectivity index (χ0n) is 12.1. The fourth-order valence-corrected chi connectivity index (χ4v) is 4.25. The first kappa shape index (κ1) is 15.1. The van der Waals surface area contributed by atoms with Crippen LogP contribution in [0.5, 0.6) is 0 Å². The smallest absolute Gasteiger partial charge is 0.159 e. The third-order valence-electron chi connectivity index (χ3n) is 4.00. The SMILES string of the molecule is C/C(=C/OCC1(C)CCCCS1(=O)=O)c1ccccc1. The summed E-state index contributed by atoms with van der Waals surface area (Å²) in [4.78, 5) is 0. The van der Waals surface area contributed by atoms with Crippen molar-refractivity contribution in [2.24, 2.45) is 0 Å². The molecule has 1 saturated heterocycles. The third kappa shape index (κ3) is 3.23. The molecule has 2 rings (SSSR count). The average Bonchev–Trinajstić information content (AvgIpc) is 2.43. The summed E-state index contributed by atoms with van der Waals surface area (Å²) in [5.74, 6) is 0.286. The molecule has 1 heterocycles. The van der Waals surface area contributed by atoms with E-state index in [2.05, 4.69) is 0 Å². The zero-order chi connectivity index (χ0) is 14.6. The molecule has 1 aromatic rings. The fourth-order valence-electron chi connectivity index (χ4n) is 2.47. The lowest BCUT2D eigenvalue weighted by molar-refractivity contribution is 0.204. The first-order valence-corrected chi connectivity index (χ1v) is 8.66. The van der Waals surface area contributed by atoms with Crippen LogP contribution in [-0.2, 0) is 14.6 Å². The van der Waals surface area contributed by atoms with Gasteiger partial charge in [-0.2, -0.15) is 0 Å². The summed E-state index contributed by atoms with van der Waals surface area (Å²) in [6.07, 6.45) is 4.09. The van der Waals surface area contributed by atoms with E-state index in [9.17, 15) is 8.42 Å². The molecule has 0 aromatic heterocycles. The third-order valence-corrected chi connectivity index (χ3v) is 6.65. The summed E-state index contributed by atoms with van der Waals surface area (Å²) < 4.78 is 29.1. The summed E-state index contributed by atoms with van der Waals surface area (Å²) >= 11 is 0. The normalized spacial score (nSPS) is 26.2. The highest BCUT2D eigenvalue weighted by Gasteiger charge is 2.41. The van der Waals surface area contributed by atoms with Gasteiger partial charge < -0.3 is 4.74 Å². The second-order valence-corrected chi connectivity index (χ2v) is 8.33. The van der Waals surface area contributed by atoms with Crippen LogP contribution in [0.15, 0.2) is 36.6 Å². The van der Waals surface area contributed by atoms with Gasteiger partial charge in [0.15, 0.2) is 9.84 Å². The van der Waals surface area contributed by atoms with Gasteiger partial charge in [0.1, 0.15) is 11.4 Å². The van der Waals surface area contributed by atoms with Crippen LogP contribution in [0.1, 0.15) is 38.7 Å². The second kappa shape index (κ2) is 6.00. The minimum Gasteiger partial charge on any atom is -0.499 e. The maximum atomic E-state index is 12.1. The molecule has 0 aliphatic carbocycles. The van der Waals surface area contributed by atoms with Crippen LogP contribution in [0.4, 0.5) is 0 Å². The summed E-state index contributed by atoms with van der Waals surface area (Å²) in [5.41, 5.74) is 2.09. The van der Waals surface area contributed by atoms with Crippen molar-refractivity contribution in [3.63, 3.8) is 0 Å². The van der Waals surface area contributed by atoms with Gasteiger partial charge >= 0.3 is 0 Å². The maximum absolute atomic E-state index is 12.1. The Morgan fingerprint density at radius 1 is 1.30 bits per heavy atom. The molecule has 20 heavy (non-hydrogen) atoms. The summed E-state index contributed by atoms with van der Waals surface area (Å²) in [6, 6.07) is 9.93. The molecular formula is C16H22O3S. The molecule has 1 unspecified atom stereocenters. The van der Waals surface area contributed by atoms with Gasteiger partial charge in [-0.3, -0.25) is 0 Å². The minimum atomic E-state index is -3.04. The highest BCUT2D eigenvalue weighted by atomic mass is 32.2. The van der Waals surface area contributed by atoms with E-state index in [-0.39, 0.29) is 12.4 Å². The van der Waals surface area contributed by atoms with Gasteiger partial charge in [0.05, 0.1) is 12.0 Å². The Bertz CT molecular complexity index is 575. The van der Waals surface area contributed by atoms with Gasteiger partial charge in [-0.05, 0) is 37.8 Å². The molecule has 0 radical (unpaired) electrons. The molecule has 0 bridgehead atoms. The number of hydrogen-bond acceptors (Lipinski definition) is 3. The van der Waals surface area contributed by atoms with Crippen molar-refractivity contribution >= 4 is 15.4 Å². The standard InChI is InChI=1S/C16H22O3S/c1-14(15-8-4-3-5-9-15)12-19-13-16(2)10-6-7-11-20(16,17)18/h3-5,8-9,12H,6-7,10-11,13H2,1-2H3/b14-12-. The summed E-state index contributed by atoms with van der Waals surface area (Å²) in [7, 11) is -3.04. The van der Waals surface area contributed by atoms with Gasteiger partial charge in [-0.15, -0.1) is 0 Å². The van der Waals surface area contributed by atoms with E-state index in [1.54, 1.807) is 13.2 Å². The number of benzene rings is 1. The van der Waals surface area contributed by atoms with Gasteiger partial charge in [0, 0.05) is 0 Å². The first-order chi connectivity index (χ1) is 9.45. The van der Waals surface area contributed by atoms with E-state index in [0.717, 1.165) is 24.0 Å². The van der Waals surface area contributed by atoms with Crippen LogP contribution in [-0.4, -0.2) is 25.5 Å². The molecule has 0 spiro atoms. The average molecular weight is 294 g/mol. The quantitative estimate of drug-likeness (QED) is 0.799. The van der Waals surface area contributed by atoms with Gasteiger partial charge in [0.25, 0.3) is 0 Å². The minimum absolute atomic E-state index is 0.236. The number of allylic oxidation sites excluding steroid dienone is 1. The van der Waals surface area contributed by atoms with Crippen molar-refractivity contribution in [2.75, 3.05) is 12.4 Å². The summed E-state index contributed by atoms with van der Waals surface area (Å²) in [5, 5.41) is 0. The van der Waals surface area contributed by atoms with Crippen LogP contribution in [0.25, 0.3) is 5.57 Å². The molecule has 0 saturated carbocycles. The molecule has 1 fully saturated rings. The summed E-state index contributed by atoms with van der Waals surface area (Å²) in [6.45, 7) is 4.00. The predicted molar refractivity (Wildman–Crippen MR) is 82.1 cm³/mol. The second-order valence-electron chi connectivity index (χ2n) is 5.70. The Labute approximate surface area is 121 Å². The van der Waals surface area contributed by atoms with Crippen LogP contribution in [0.3, 0.4) is 0 Å². The number of sulfone groups is 1. The molecule has 4 heteroatoms. The van der Waals surface area contributed by atoms with Crippen molar-refractivity contribution in [1.82, 2.24) is 0 Å². The number of rotatable bonds is 4. The van der Waals surface area contributed by atoms with E-state index < -0.39 is 14.6 Å². The molecule has 0 amide bonds. The molecular weight excluding hydrogens is 272 g/mol. The van der Waals surface area contributed by atoms with Crippen molar-refractivity contribution in [1.29, 1.82) is 0 Å². The topological polar surface area (TPSA) is 43.4 Å². The maximum Gasteiger partial charge on any atom is 0.159 e. The van der Waals surface area contributed by atoms with E-state index in [1.807, 2.05) is 37.3 Å². The van der Waals surface area contributed by atoms with Gasteiger partial charge in [-0.1, -0.05) is 36.8 Å².